The zero-order chi connectivity index (χ0) is 18.5. The van der Waals surface area contributed by atoms with E-state index in [0.717, 1.165) is 22.5 Å². The quantitative estimate of drug-likeness (QED) is 0.346. The van der Waals surface area contributed by atoms with Crippen molar-refractivity contribution >= 4 is 22.7 Å². The lowest BCUT2D eigenvalue weighted by Gasteiger charge is -2.18. The summed E-state index contributed by atoms with van der Waals surface area (Å²) >= 11 is 1.56. The van der Waals surface area contributed by atoms with Gasteiger partial charge in [0.1, 0.15) is 0 Å². The third-order valence-electron chi connectivity index (χ3n) is 4.21. The van der Waals surface area contributed by atoms with Crippen LogP contribution in [0.1, 0.15) is 32.3 Å². The fraction of sp³-hybridized carbons (Fsp3) is 0.333. The van der Waals surface area contributed by atoms with Gasteiger partial charge in [-0.1, -0.05) is 55.9 Å². The Balaban J connectivity index is 2.19. The Bertz CT molecular complexity index is 950. The highest BCUT2D eigenvalue weighted by molar-refractivity contribution is 7.99. The van der Waals surface area contributed by atoms with Crippen molar-refractivity contribution in [2.24, 2.45) is 0 Å². The number of aromatic nitrogens is 2. The van der Waals surface area contributed by atoms with Gasteiger partial charge in [-0.05, 0) is 36.6 Å². The van der Waals surface area contributed by atoms with Gasteiger partial charge in [-0.3, -0.25) is 9.36 Å². The van der Waals surface area contributed by atoms with Crippen molar-refractivity contribution < 1.29 is 4.74 Å². The molecular weight excluding hydrogens is 344 g/mol. The van der Waals surface area contributed by atoms with Crippen LogP contribution in [-0.4, -0.2) is 28.5 Å². The van der Waals surface area contributed by atoms with E-state index < -0.39 is 0 Å². The lowest BCUT2D eigenvalue weighted by molar-refractivity contribution is 0.164. The maximum atomic E-state index is 13.3. The van der Waals surface area contributed by atoms with E-state index in [0.29, 0.717) is 29.7 Å². The standard InChI is InChI=1S/C21H24N2O2S/c1-4-25-13-14-26-21-22-18-11-7-5-10-17(18)20(24)23(21)19-12-8-6-9-16(19)15(2)3/h5-12,15H,4,13-14H2,1-3H3. The summed E-state index contributed by atoms with van der Waals surface area (Å²) in [5.74, 6) is 1.06. The molecule has 26 heavy (non-hydrogen) atoms. The summed E-state index contributed by atoms with van der Waals surface area (Å²) < 4.78 is 7.20. The normalized spacial score (nSPS) is 11.4. The van der Waals surface area contributed by atoms with Crippen molar-refractivity contribution in [3.8, 4) is 5.69 Å². The van der Waals surface area contributed by atoms with Crippen LogP contribution in [0.5, 0.6) is 0 Å². The van der Waals surface area contributed by atoms with Crippen molar-refractivity contribution in [2.75, 3.05) is 19.0 Å². The van der Waals surface area contributed by atoms with Crippen molar-refractivity contribution in [1.82, 2.24) is 9.55 Å². The monoisotopic (exact) mass is 368 g/mol. The molecule has 4 nitrogen and oxygen atoms in total. The van der Waals surface area contributed by atoms with Gasteiger partial charge in [0.05, 0.1) is 23.2 Å². The summed E-state index contributed by atoms with van der Waals surface area (Å²) in [5.41, 5.74) is 2.75. The first kappa shape index (κ1) is 18.7. The van der Waals surface area contributed by atoms with Gasteiger partial charge in [0.15, 0.2) is 5.16 Å². The van der Waals surface area contributed by atoms with E-state index in [4.69, 9.17) is 9.72 Å². The summed E-state index contributed by atoms with van der Waals surface area (Å²) in [6, 6.07) is 15.6. The number of thioether (sulfide) groups is 1. The Morgan fingerprint density at radius 1 is 1.12 bits per heavy atom. The third-order valence-corrected chi connectivity index (χ3v) is 5.11. The van der Waals surface area contributed by atoms with Crippen LogP contribution in [0, 0.1) is 0 Å². The lowest BCUT2D eigenvalue weighted by atomic mass is 10.0. The zero-order valence-electron chi connectivity index (χ0n) is 15.4. The molecule has 0 aliphatic heterocycles. The predicted octanol–water partition coefficient (Wildman–Crippen LogP) is 4.64. The van der Waals surface area contributed by atoms with E-state index >= 15 is 0 Å². The van der Waals surface area contributed by atoms with Crippen molar-refractivity contribution in [2.45, 2.75) is 31.8 Å². The van der Waals surface area contributed by atoms with Gasteiger partial charge in [-0.15, -0.1) is 0 Å². The molecule has 0 amide bonds. The molecular formula is C21H24N2O2S. The van der Waals surface area contributed by atoms with Crippen molar-refractivity contribution in [1.29, 1.82) is 0 Å². The highest BCUT2D eigenvalue weighted by atomic mass is 32.2. The van der Waals surface area contributed by atoms with Crippen LogP contribution >= 0.6 is 11.8 Å². The third kappa shape index (κ3) is 3.84. The van der Waals surface area contributed by atoms with Crippen LogP contribution < -0.4 is 5.56 Å². The molecule has 0 aliphatic rings. The highest BCUT2D eigenvalue weighted by Gasteiger charge is 2.16. The summed E-state index contributed by atoms with van der Waals surface area (Å²) in [4.78, 5) is 18.1. The van der Waals surface area contributed by atoms with Crippen LogP contribution in [0.3, 0.4) is 0 Å². The van der Waals surface area contributed by atoms with Gasteiger partial charge in [0.25, 0.3) is 5.56 Å². The molecule has 2 aromatic carbocycles. The molecule has 0 aliphatic carbocycles. The van der Waals surface area contributed by atoms with Gasteiger partial charge in [0.2, 0.25) is 0 Å². The Morgan fingerprint density at radius 2 is 1.85 bits per heavy atom. The van der Waals surface area contributed by atoms with Crippen LogP contribution in [0.25, 0.3) is 16.6 Å². The van der Waals surface area contributed by atoms with E-state index in [1.807, 2.05) is 49.4 Å². The topological polar surface area (TPSA) is 44.1 Å². The van der Waals surface area contributed by atoms with Gasteiger partial charge < -0.3 is 4.74 Å². The molecule has 1 aromatic heterocycles. The van der Waals surface area contributed by atoms with Gasteiger partial charge in [-0.25, -0.2) is 4.98 Å². The Labute approximate surface area is 158 Å². The van der Waals surface area contributed by atoms with Crippen LogP contribution in [0.2, 0.25) is 0 Å². The average molecular weight is 369 g/mol. The van der Waals surface area contributed by atoms with Gasteiger partial charge in [0, 0.05) is 12.4 Å². The van der Waals surface area contributed by atoms with E-state index in [-0.39, 0.29) is 5.56 Å². The molecule has 0 radical (unpaired) electrons. The van der Waals surface area contributed by atoms with E-state index in [9.17, 15) is 4.79 Å². The zero-order valence-corrected chi connectivity index (χ0v) is 16.3. The molecule has 0 bridgehead atoms. The minimum absolute atomic E-state index is 0.0254. The second-order valence-corrected chi connectivity index (χ2v) is 7.37. The Hall–Kier alpha value is -2.11. The SMILES string of the molecule is CCOCCSc1nc2ccccc2c(=O)n1-c1ccccc1C(C)C. The van der Waals surface area contributed by atoms with E-state index in [2.05, 4.69) is 19.9 Å². The lowest BCUT2D eigenvalue weighted by Crippen LogP contribution is -2.23. The molecule has 0 fully saturated rings. The maximum absolute atomic E-state index is 13.3. The molecule has 5 heteroatoms. The minimum Gasteiger partial charge on any atom is -0.381 e. The first-order chi connectivity index (χ1) is 12.6. The molecule has 3 aromatic rings. The van der Waals surface area contributed by atoms with Crippen LogP contribution in [0.15, 0.2) is 58.5 Å². The summed E-state index contributed by atoms with van der Waals surface area (Å²) in [7, 11) is 0. The first-order valence-electron chi connectivity index (χ1n) is 8.95. The summed E-state index contributed by atoms with van der Waals surface area (Å²) in [6.45, 7) is 7.58. The van der Waals surface area contributed by atoms with E-state index in [1.54, 1.807) is 16.3 Å². The second kappa shape index (κ2) is 8.52. The number of rotatable bonds is 7. The number of benzene rings is 2. The minimum atomic E-state index is -0.0254. The summed E-state index contributed by atoms with van der Waals surface area (Å²) in [6.07, 6.45) is 0. The number of hydrogen-bond acceptors (Lipinski definition) is 4. The molecule has 0 saturated heterocycles. The van der Waals surface area contributed by atoms with Gasteiger partial charge in [-0.2, -0.15) is 0 Å². The largest absolute Gasteiger partial charge is 0.381 e. The molecule has 0 N–H and O–H groups in total. The highest BCUT2D eigenvalue weighted by Crippen LogP contribution is 2.26. The molecule has 0 atom stereocenters. The molecule has 0 saturated carbocycles. The smallest absolute Gasteiger partial charge is 0.266 e. The molecule has 136 valence electrons. The molecule has 0 spiro atoms. The fourth-order valence-corrected chi connectivity index (χ4v) is 3.79. The van der Waals surface area contributed by atoms with Crippen molar-refractivity contribution in [3.05, 3.63) is 64.4 Å². The number of ether oxygens (including phenoxy) is 1. The van der Waals surface area contributed by atoms with E-state index in [1.165, 1.54) is 0 Å². The second-order valence-electron chi connectivity index (χ2n) is 6.31. The van der Waals surface area contributed by atoms with Crippen LogP contribution in [0.4, 0.5) is 0 Å². The number of nitrogens with zero attached hydrogens (tertiary/aromatic N) is 2. The number of para-hydroxylation sites is 2. The van der Waals surface area contributed by atoms with Gasteiger partial charge >= 0.3 is 0 Å². The Morgan fingerprint density at radius 3 is 2.62 bits per heavy atom. The summed E-state index contributed by atoms with van der Waals surface area (Å²) in [5, 5.41) is 1.35. The number of hydrogen-bond donors (Lipinski definition) is 0. The number of fused-ring (bicyclic) bond motifs is 1. The Kier molecular flexibility index (Phi) is 6.12. The fourth-order valence-electron chi connectivity index (χ4n) is 2.94. The molecule has 1 heterocycles. The first-order valence-corrected chi connectivity index (χ1v) is 9.93. The molecule has 3 rings (SSSR count). The molecule has 0 unspecified atom stereocenters. The van der Waals surface area contributed by atoms with Crippen LogP contribution in [-0.2, 0) is 4.74 Å². The predicted molar refractivity (Wildman–Crippen MR) is 109 cm³/mol. The average Bonchev–Trinajstić information content (AvgIpc) is 2.65. The maximum Gasteiger partial charge on any atom is 0.266 e. The van der Waals surface area contributed by atoms with Crippen molar-refractivity contribution in [3.63, 3.8) is 0 Å².